The maximum Gasteiger partial charge on any atom is 0.332 e. The molecule has 1 aliphatic rings. The minimum absolute atomic E-state index is 0.0399. The average molecular weight is 265 g/mol. The Morgan fingerprint density at radius 1 is 1.42 bits per heavy atom. The van der Waals surface area contributed by atoms with Crippen LogP contribution in [0.4, 0.5) is 17.5 Å². The third-order valence-corrected chi connectivity index (χ3v) is 3.71. The van der Waals surface area contributed by atoms with Crippen molar-refractivity contribution in [2.45, 2.75) is 33.1 Å². The molecule has 0 unspecified atom stereocenters. The van der Waals surface area contributed by atoms with E-state index in [2.05, 4.69) is 27.5 Å². The van der Waals surface area contributed by atoms with Gasteiger partial charge in [-0.1, -0.05) is 13.3 Å². The molecule has 1 saturated carbocycles. The predicted molar refractivity (Wildman–Crippen MR) is 73.4 cm³/mol. The van der Waals surface area contributed by atoms with E-state index < -0.39 is 4.92 Å². The van der Waals surface area contributed by atoms with Gasteiger partial charge in [0.1, 0.15) is 5.69 Å². The monoisotopic (exact) mass is 265 g/mol. The molecular weight excluding hydrogens is 246 g/mol. The fourth-order valence-electron chi connectivity index (χ4n) is 2.27. The Kier molecular flexibility index (Phi) is 3.55. The Labute approximate surface area is 112 Å². The van der Waals surface area contributed by atoms with Crippen molar-refractivity contribution < 1.29 is 4.92 Å². The second-order valence-corrected chi connectivity index (χ2v) is 5.35. The topological polar surface area (TPSA) is 93.0 Å². The number of nitro groups is 1. The zero-order valence-electron chi connectivity index (χ0n) is 11.5. The quantitative estimate of drug-likeness (QED) is 0.627. The van der Waals surface area contributed by atoms with Crippen molar-refractivity contribution in [3.63, 3.8) is 0 Å². The van der Waals surface area contributed by atoms with Gasteiger partial charge in [0.05, 0.1) is 4.92 Å². The lowest BCUT2D eigenvalue weighted by atomic mass is 9.70. The van der Waals surface area contributed by atoms with Crippen molar-refractivity contribution >= 4 is 17.5 Å². The fourth-order valence-corrected chi connectivity index (χ4v) is 2.27. The van der Waals surface area contributed by atoms with Crippen molar-refractivity contribution in [3.05, 3.63) is 15.8 Å². The fraction of sp³-hybridized carbons (Fsp3) is 0.667. The smallest absolute Gasteiger partial charge is 0.332 e. The Bertz CT molecular complexity index is 499. The number of rotatable bonds is 5. The van der Waals surface area contributed by atoms with Crippen molar-refractivity contribution in [3.8, 4) is 0 Å². The Hall–Kier alpha value is -1.92. The van der Waals surface area contributed by atoms with Crippen LogP contribution in [0.3, 0.4) is 0 Å². The van der Waals surface area contributed by atoms with Crippen LogP contribution in [0.5, 0.6) is 0 Å². The number of anilines is 2. The molecular formula is C12H19N5O2. The van der Waals surface area contributed by atoms with Crippen LogP contribution in [0.15, 0.2) is 0 Å². The second kappa shape index (κ2) is 4.99. The number of hydrogen-bond donors (Lipinski definition) is 2. The van der Waals surface area contributed by atoms with Crippen LogP contribution in [-0.2, 0) is 0 Å². The highest BCUT2D eigenvalue weighted by molar-refractivity contribution is 5.60. The molecule has 0 saturated heterocycles. The maximum absolute atomic E-state index is 11.1. The number of nitrogens with zero attached hydrogens (tertiary/aromatic N) is 3. The van der Waals surface area contributed by atoms with Crippen LogP contribution in [-0.4, -0.2) is 28.5 Å². The summed E-state index contributed by atoms with van der Waals surface area (Å²) in [6, 6.07) is 0. The SMILES string of the molecule is CNc1nc(C)c([N+](=O)[O-])c(NCC2(C)CCC2)n1. The molecule has 7 nitrogen and oxygen atoms in total. The second-order valence-electron chi connectivity index (χ2n) is 5.35. The third-order valence-electron chi connectivity index (χ3n) is 3.71. The standard InChI is InChI=1S/C12H19N5O2/c1-8-9(17(18)19)10(16-11(13-3)15-8)14-7-12(2)5-4-6-12/h4-7H2,1-3H3,(H2,13,14,15,16). The van der Waals surface area contributed by atoms with Crippen molar-refractivity contribution in [1.82, 2.24) is 9.97 Å². The first kappa shape index (κ1) is 13.5. The van der Waals surface area contributed by atoms with E-state index in [-0.39, 0.29) is 11.1 Å². The minimum Gasteiger partial charge on any atom is -0.364 e. The van der Waals surface area contributed by atoms with Gasteiger partial charge >= 0.3 is 5.69 Å². The summed E-state index contributed by atoms with van der Waals surface area (Å²) in [4.78, 5) is 18.9. The van der Waals surface area contributed by atoms with E-state index in [4.69, 9.17) is 0 Å². The van der Waals surface area contributed by atoms with Crippen molar-refractivity contribution in [1.29, 1.82) is 0 Å². The molecule has 1 heterocycles. The zero-order chi connectivity index (χ0) is 14.0. The zero-order valence-corrected chi connectivity index (χ0v) is 11.5. The summed E-state index contributed by atoms with van der Waals surface area (Å²) in [5, 5.41) is 17.0. The highest BCUT2D eigenvalue weighted by Gasteiger charge is 2.32. The highest BCUT2D eigenvalue weighted by Crippen LogP contribution is 2.40. The summed E-state index contributed by atoms with van der Waals surface area (Å²) in [5.41, 5.74) is 0.555. The van der Waals surface area contributed by atoms with Crippen LogP contribution < -0.4 is 10.6 Å². The van der Waals surface area contributed by atoms with E-state index >= 15 is 0 Å². The van der Waals surface area contributed by atoms with Gasteiger partial charge in [0.15, 0.2) is 0 Å². The molecule has 7 heteroatoms. The molecule has 1 aromatic rings. The molecule has 0 aliphatic heterocycles. The van der Waals surface area contributed by atoms with E-state index in [1.54, 1.807) is 14.0 Å². The van der Waals surface area contributed by atoms with E-state index in [0.29, 0.717) is 24.0 Å². The summed E-state index contributed by atoms with van der Waals surface area (Å²) in [6.45, 7) is 4.51. The average Bonchev–Trinajstić information content (AvgIpc) is 2.32. The van der Waals surface area contributed by atoms with Gasteiger partial charge in [-0.15, -0.1) is 0 Å². The van der Waals surface area contributed by atoms with Gasteiger partial charge in [0.25, 0.3) is 0 Å². The number of aromatic nitrogens is 2. The number of hydrogen-bond acceptors (Lipinski definition) is 6. The number of nitrogens with one attached hydrogen (secondary N) is 2. The molecule has 19 heavy (non-hydrogen) atoms. The van der Waals surface area contributed by atoms with Crippen LogP contribution in [0, 0.1) is 22.5 Å². The van der Waals surface area contributed by atoms with Crippen LogP contribution >= 0.6 is 0 Å². The van der Waals surface area contributed by atoms with Gasteiger partial charge in [0, 0.05) is 13.6 Å². The summed E-state index contributed by atoms with van der Waals surface area (Å²) < 4.78 is 0. The molecule has 2 N–H and O–H groups in total. The number of aryl methyl sites for hydroxylation is 1. The van der Waals surface area contributed by atoms with Crippen LogP contribution in [0.25, 0.3) is 0 Å². The summed E-state index contributed by atoms with van der Waals surface area (Å²) >= 11 is 0. The molecule has 0 spiro atoms. The molecule has 0 atom stereocenters. The molecule has 2 rings (SSSR count). The summed E-state index contributed by atoms with van der Waals surface area (Å²) in [5.74, 6) is 0.694. The lowest BCUT2D eigenvalue weighted by molar-refractivity contribution is -0.385. The highest BCUT2D eigenvalue weighted by atomic mass is 16.6. The first-order valence-electron chi connectivity index (χ1n) is 6.40. The summed E-state index contributed by atoms with van der Waals surface area (Å²) in [7, 11) is 1.69. The Morgan fingerprint density at radius 2 is 2.11 bits per heavy atom. The molecule has 104 valence electrons. The molecule has 1 aliphatic carbocycles. The van der Waals surface area contributed by atoms with E-state index in [1.807, 2.05) is 0 Å². The van der Waals surface area contributed by atoms with Gasteiger partial charge < -0.3 is 10.6 Å². The molecule has 0 aromatic carbocycles. The van der Waals surface area contributed by atoms with E-state index in [9.17, 15) is 10.1 Å². The van der Waals surface area contributed by atoms with E-state index in [0.717, 1.165) is 12.8 Å². The third kappa shape index (κ3) is 2.74. The predicted octanol–water partition coefficient (Wildman–Crippen LogP) is 2.34. The van der Waals surface area contributed by atoms with Gasteiger partial charge in [-0.05, 0) is 25.2 Å². The van der Waals surface area contributed by atoms with Crippen LogP contribution in [0.2, 0.25) is 0 Å². The molecule has 1 fully saturated rings. The molecule has 0 bridgehead atoms. The summed E-state index contributed by atoms with van der Waals surface area (Å²) in [6.07, 6.45) is 3.53. The largest absolute Gasteiger partial charge is 0.364 e. The first-order valence-corrected chi connectivity index (χ1v) is 6.40. The van der Waals surface area contributed by atoms with E-state index in [1.165, 1.54) is 6.42 Å². The van der Waals surface area contributed by atoms with Gasteiger partial charge in [-0.3, -0.25) is 10.1 Å². The minimum atomic E-state index is -0.430. The molecule has 0 radical (unpaired) electrons. The molecule has 0 amide bonds. The first-order chi connectivity index (χ1) is 8.95. The van der Waals surface area contributed by atoms with Crippen molar-refractivity contribution in [2.24, 2.45) is 5.41 Å². The maximum atomic E-state index is 11.1. The lowest BCUT2D eigenvalue weighted by Gasteiger charge is -2.38. The lowest BCUT2D eigenvalue weighted by Crippen LogP contribution is -2.33. The Balaban J connectivity index is 2.25. The Morgan fingerprint density at radius 3 is 2.58 bits per heavy atom. The van der Waals surface area contributed by atoms with Gasteiger partial charge in [-0.2, -0.15) is 4.98 Å². The van der Waals surface area contributed by atoms with Gasteiger partial charge in [-0.25, -0.2) is 4.98 Å². The van der Waals surface area contributed by atoms with Crippen molar-refractivity contribution in [2.75, 3.05) is 24.2 Å². The normalized spacial score (nSPS) is 16.6. The van der Waals surface area contributed by atoms with Crippen LogP contribution in [0.1, 0.15) is 31.9 Å². The van der Waals surface area contributed by atoms with Gasteiger partial charge in [0.2, 0.25) is 11.8 Å². The molecule has 1 aromatic heterocycles.